The maximum Gasteiger partial charge on any atom is 0.405 e. The van der Waals surface area contributed by atoms with Crippen molar-refractivity contribution in [1.29, 1.82) is 0 Å². The number of nitrogens with one attached hydrogen (secondary N) is 1. The summed E-state index contributed by atoms with van der Waals surface area (Å²) in [7, 11) is 3.01. The Balaban J connectivity index is 2.00. The van der Waals surface area contributed by atoms with E-state index in [9.17, 15) is 35.1 Å². The lowest BCUT2D eigenvalue weighted by atomic mass is 9.88. The molecule has 0 aliphatic carbocycles. The average Bonchev–Trinajstić information content (AvgIpc) is 3.04. The van der Waals surface area contributed by atoms with E-state index in [0.29, 0.717) is 48.1 Å². The van der Waals surface area contributed by atoms with Gasteiger partial charge in [-0.3, -0.25) is 4.79 Å². The van der Waals surface area contributed by atoms with Crippen molar-refractivity contribution in [2.45, 2.75) is 108 Å². The van der Waals surface area contributed by atoms with E-state index in [-0.39, 0.29) is 17.6 Å². The van der Waals surface area contributed by atoms with E-state index in [1.165, 1.54) is 14.2 Å². The Hall–Kier alpha value is -3.08. The van der Waals surface area contributed by atoms with Gasteiger partial charge < -0.3 is 60.3 Å². The molecule has 2 aliphatic heterocycles. The number of benzene rings is 1. The number of aliphatic hydroxyl groups excluding tert-OH is 5. The second kappa shape index (κ2) is 18.1. The smallest absolute Gasteiger partial charge is 0.405 e. The van der Waals surface area contributed by atoms with Crippen LogP contribution in [0, 0.1) is 11.8 Å². The van der Waals surface area contributed by atoms with E-state index in [1.54, 1.807) is 44.2 Å². The van der Waals surface area contributed by atoms with Gasteiger partial charge in [0, 0.05) is 31.4 Å². The summed E-state index contributed by atoms with van der Waals surface area (Å²) in [5.74, 6) is -0.591. The molecule has 1 saturated heterocycles. The van der Waals surface area contributed by atoms with Crippen LogP contribution in [0.5, 0.6) is 5.75 Å². The zero-order valence-electron chi connectivity index (χ0n) is 28.4. The fourth-order valence-electron chi connectivity index (χ4n) is 6.17. The molecule has 270 valence electrons. The normalized spacial score (nSPS) is 36.6. The Morgan fingerprint density at radius 2 is 1.71 bits per heavy atom. The number of aliphatic hydroxyl groups is 5. The monoisotopic (exact) mass is 680 g/mol. The molecule has 1 aromatic carbocycles. The first-order valence-corrected chi connectivity index (χ1v) is 16.2. The van der Waals surface area contributed by atoms with Crippen LogP contribution < -0.4 is 15.8 Å². The van der Waals surface area contributed by atoms with E-state index in [1.807, 2.05) is 13.8 Å². The lowest BCUT2D eigenvalue weighted by Gasteiger charge is -2.39. The highest BCUT2D eigenvalue weighted by Gasteiger charge is 2.45. The molecule has 0 spiro atoms. The van der Waals surface area contributed by atoms with Crippen molar-refractivity contribution in [2.75, 3.05) is 26.1 Å². The minimum absolute atomic E-state index is 0.113. The van der Waals surface area contributed by atoms with Crippen molar-refractivity contribution in [1.82, 2.24) is 0 Å². The van der Waals surface area contributed by atoms with Gasteiger partial charge >= 0.3 is 6.09 Å². The molecule has 2 amide bonds. The first-order valence-electron chi connectivity index (χ1n) is 16.2. The molecule has 3 rings (SSSR count). The van der Waals surface area contributed by atoms with Gasteiger partial charge in [-0.05, 0) is 74.8 Å². The summed E-state index contributed by atoms with van der Waals surface area (Å²) < 4.78 is 28.4. The molecule has 48 heavy (non-hydrogen) atoms. The van der Waals surface area contributed by atoms with Crippen molar-refractivity contribution in [3.05, 3.63) is 47.1 Å². The van der Waals surface area contributed by atoms with Gasteiger partial charge in [-0.15, -0.1) is 0 Å². The predicted molar refractivity (Wildman–Crippen MR) is 175 cm³/mol. The third kappa shape index (κ3) is 10.2. The molecule has 2 heterocycles. The molecule has 1 aromatic rings. The van der Waals surface area contributed by atoms with Crippen LogP contribution in [0.3, 0.4) is 0 Å². The number of carbonyl (C=O) groups excluding carboxylic acids is 2. The Morgan fingerprint density at radius 1 is 1.02 bits per heavy atom. The summed E-state index contributed by atoms with van der Waals surface area (Å²) in [6.45, 7) is 6.63. The Kier molecular flexibility index (Phi) is 14.8. The number of rotatable bonds is 6. The second-order valence-corrected chi connectivity index (χ2v) is 12.8. The van der Waals surface area contributed by atoms with Gasteiger partial charge in [0.05, 0.1) is 24.9 Å². The minimum Gasteiger partial charge on any atom is -0.462 e. The summed E-state index contributed by atoms with van der Waals surface area (Å²) in [4.78, 5) is 25.0. The van der Waals surface area contributed by atoms with Crippen molar-refractivity contribution in [3.63, 3.8) is 0 Å². The number of amides is 2. The molecular formula is C34H52N2O12. The van der Waals surface area contributed by atoms with Crippen molar-refractivity contribution < 1.29 is 58.8 Å². The molecule has 1 fully saturated rings. The topological polar surface area (TPSA) is 219 Å². The van der Waals surface area contributed by atoms with Gasteiger partial charge in [-0.25, -0.2) is 4.79 Å². The van der Waals surface area contributed by atoms with E-state index < -0.39 is 73.7 Å². The van der Waals surface area contributed by atoms with Crippen LogP contribution in [-0.2, 0) is 30.2 Å². The fraction of sp³-hybridized carbons (Fsp3) is 0.647. The highest BCUT2D eigenvalue weighted by atomic mass is 16.7. The minimum atomic E-state index is -1.62. The van der Waals surface area contributed by atoms with Crippen LogP contribution >= 0.6 is 0 Å². The number of hydrogen-bond donors (Lipinski definition) is 7. The van der Waals surface area contributed by atoms with Crippen LogP contribution in [0.25, 0.3) is 0 Å². The zero-order chi connectivity index (χ0) is 35.7. The third-order valence-electron chi connectivity index (χ3n) is 8.95. The summed E-state index contributed by atoms with van der Waals surface area (Å²) in [6.07, 6.45) is -6.06. The predicted octanol–water partition coefficient (Wildman–Crippen LogP) is 1.55. The van der Waals surface area contributed by atoms with Crippen LogP contribution in [0.15, 0.2) is 41.5 Å². The van der Waals surface area contributed by atoms with Gasteiger partial charge in [0.15, 0.2) is 6.10 Å². The molecule has 2 aliphatic rings. The molecule has 8 N–H and O–H groups in total. The number of primary amides is 1. The number of fused-ring (bicyclic) bond motifs is 2. The highest BCUT2D eigenvalue weighted by molar-refractivity contribution is 6.03. The maximum atomic E-state index is 13.2. The van der Waals surface area contributed by atoms with Crippen LogP contribution in [-0.4, -0.2) is 113 Å². The maximum absolute atomic E-state index is 13.2. The first-order chi connectivity index (χ1) is 22.7. The van der Waals surface area contributed by atoms with E-state index >= 15 is 0 Å². The largest absolute Gasteiger partial charge is 0.462 e. The van der Waals surface area contributed by atoms with Crippen molar-refractivity contribution in [3.8, 4) is 5.75 Å². The Morgan fingerprint density at radius 3 is 2.33 bits per heavy atom. The van der Waals surface area contributed by atoms with Gasteiger partial charge in [-0.1, -0.05) is 26.0 Å². The lowest BCUT2D eigenvalue weighted by Crippen LogP contribution is -2.60. The van der Waals surface area contributed by atoms with Gasteiger partial charge in [0.2, 0.25) is 6.29 Å². The molecule has 14 nitrogen and oxygen atoms in total. The number of methoxy groups -OCH3 is 2. The number of nitrogens with two attached hydrogens (primary N) is 1. The number of anilines is 1. The molecular weight excluding hydrogens is 628 g/mol. The quantitative estimate of drug-likeness (QED) is 0.213. The second-order valence-electron chi connectivity index (χ2n) is 12.8. The van der Waals surface area contributed by atoms with Crippen molar-refractivity contribution in [2.24, 2.45) is 17.6 Å². The van der Waals surface area contributed by atoms with E-state index in [4.69, 9.17) is 29.4 Å². The Bertz CT molecular complexity index is 1290. The fourth-order valence-corrected chi connectivity index (χ4v) is 6.17. The summed E-state index contributed by atoms with van der Waals surface area (Å²) in [5.41, 5.74) is 7.57. The molecule has 11 atom stereocenters. The van der Waals surface area contributed by atoms with Gasteiger partial charge in [-0.2, -0.15) is 0 Å². The standard InChI is InChI=1S/C34H52N2O12/c1-17-12-21-15-22(10-11-23(21)46-33-30(41)29(40)28(39)26(16-37)47-33)36-32(42)18(2)8-7-9-24(44-5)31(48-34(35)43)20(4)14-19(3)27(38)25(13-17)45-6/h8,10-11,14-15,17,19,24-31,33,37-41H,7,9,12-13,16H2,1-6H3,(H2,35,43)(H,36,42)/b18-8+,20-14+/t17-,19+,24+,25+,26-,27-,28-,29+,30-,31+,33-/m1/s1. The number of ether oxygens (including phenoxy) is 5. The van der Waals surface area contributed by atoms with E-state index in [0.717, 1.165) is 0 Å². The van der Waals surface area contributed by atoms with Gasteiger partial charge in [0.1, 0.15) is 30.2 Å². The lowest BCUT2D eigenvalue weighted by molar-refractivity contribution is -0.277. The van der Waals surface area contributed by atoms with Gasteiger partial charge in [0.25, 0.3) is 5.91 Å². The number of allylic oxidation sites excluding steroid dienone is 1. The van der Waals surface area contributed by atoms with Crippen molar-refractivity contribution >= 4 is 17.7 Å². The van der Waals surface area contributed by atoms with Crippen LogP contribution in [0.2, 0.25) is 0 Å². The summed E-state index contributed by atoms with van der Waals surface area (Å²) >= 11 is 0. The van der Waals surface area contributed by atoms with E-state index in [2.05, 4.69) is 5.32 Å². The summed E-state index contributed by atoms with van der Waals surface area (Å²) in [5, 5.41) is 54.9. The number of carbonyl (C=O) groups is 2. The molecule has 14 heteroatoms. The SMILES string of the molecule is CO[C@H]1C[C@H](C)Cc2cc(ccc2O[C@@H]2O[C@H](CO)[C@@H](O)[C@H](O)[C@H]2O)NC(=O)/C(C)=C/CC[C@H](OC)[C@@H](OC(N)=O)/C(C)=C/[C@H](C)[C@H]1O. The molecule has 0 radical (unpaired) electrons. The summed E-state index contributed by atoms with van der Waals surface area (Å²) in [6, 6.07) is 4.95. The zero-order valence-corrected chi connectivity index (χ0v) is 28.4. The highest BCUT2D eigenvalue weighted by Crippen LogP contribution is 2.32. The first kappa shape index (κ1) is 39.4. The molecule has 0 aromatic heterocycles. The third-order valence-corrected chi connectivity index (χ3v) is 8.95. The Labute approximate surface area is 281 Å². The number of hydrogen-bond acceptors (Lipinski definition) is 12. The molecule has 2 bridgehead atoms. The molecule has 0 saturated carbocycles. The average molecular weight is 681 g/mol. The van der Waals surface area contributed by atoms with Crippen LogP contribution in [0.4, 0.5) is 10.5 Å². The van der Waals surface area contributed by atoms with Crippen LogP contribution in [0.1, 0.15) is 52.5 Å². The molecule has 0 unspecified atom stereocenters.